The lowest BCUT2D eigenvalue weighted by Crippen LogP contribution is -1.97. The van der Waals surface area contributed by atoms with Crippen LogP contribution in [0.4, 0.5) is 0 Å². The quantitative estimate of drug-likeness (QED) is 0.837. The number of carbonyl (C=O) groups is 1. The lowest BCUT2D eigenvalue weighted by Gasteiger charge is -2.01. The van der Waals surface area contributed by atoms with E-state index in [2.05, 4.69) is 31.9 Å². The van der Waals surface area contributed by atoms with Crippen molar-refractivity contribution in [1.82, 2.24) is 0 Å². The van der Waals surface area contributed by atoms with Crippen molar-refractivity contribution in [2.75, 3.05) is 0 Å². The van der Waals surface area contributed by atoms with Crippen LogP contribution in [0.5, 0.6) is 5.75 Å². The number of benzene rings is 1. The van der Waals surface area contributed by atoms with Gasteiger partial charge in [0.05, 0.1) is 10.0 Å². The fraction of sp³-hybridized carbons (Fsp3) is 0. The largest absolute Gasteiger partial charge is 0.507 e. The molecule has 0 aliphatic carbocycles. The molecule has 0 aliphatic rings. The molecule has 3 nitrogen and oxygen atoms in total. The summed E-state index contributed by atoms with van der Waals surface area (Å²) in [6, 6.07) is 2.66. The first-order chi connectivity index (χ1) is 5.52. The Morgan fingerprint density at radius 3 is 2.33 bits per heavy atom. The van der Waals surface area contributed by atoms with Crippen LogP contribution in [-0.4, -0.2) is 16.2 Å². The van der Waals surface area contributed by atoms with Crippen molar-refractivity contribution in [2.24, 2.45) is 0 Å². The molecule has 0 aromatic heterocycles. The van der Waals surface area contributed by atoms with Gasteiger partial charge >= 0.3 is 5.97 Å². The van der Waals surface area contributed by atoms with Gasteiger partial charge in [-0.15, -0.1) is 0 Å². The lowest BCUT2D eigenvalue weighted by molar-refractivity contribution is 0.0696. The normalized spacial score (nSPS) is 9.83. The number of hydrogen-bond donors (Lipinski definition) is 2. The lowest BCUT2D eigenvalue weighted by atomic mass is 10.2. The molecule has 2 N–H and O–H groups in total. The number of rotatable bonds is 1. The molecule has 0 atom stereocenters. The van der Waals surface area contributed by atoms with Crippen LogP contribution in [0.25, 0.3) is 0 Å². The van der Waals surface area contributed by atoms with Crippen LogP contribution in [0, 0.1) is 0 Å². The molecule has 1 aromatic rings. The summed E-state index contributed by atoms with van der Waals surface area (Å²) in [5, 5.41) is 17.8. The number of aromatic carboxylic acids is 1. The SMILES string of the molecule is O=C(O)c1cc(Br)c(O)cc1Br. The highest BCUT2D eigenvalue weighted by Crippen LogP contribution is 2.30. The number of hydrogen-bond acceptors (Lipinski definition) is 2. The zero-order valence-electron chi connectivity index (χ0n) is 5.71. The van der Waals surface area contributed by atoms with Gasteiger partial charge in [-0.1, -0.05) is 0 Å². The number of halogens is 2. The van der Waals surface area contributed by atoms with Crippen molar-refractivity contribution < 1.29 is 15.0 Å². The van der Waals surface area contributed by atoms with Gasteiger partial charge < -0.3 is 10.2 Å². The molecule has 0 aliphatic heterocycles. The van der Waals surface area contributed by atoms with E-state index in [9.17, 15) is 4.79 Å². The Kier molecular flexibility index (Phi) is 2.74. The van der Waals surface area contributed by atoms with E-state index in [-0.39, 0.29) is 11.3 Å². The van der Waals surface area contributed by atoms with Gasteiger partial charge in [0.25, 0.3) is 0 Å². The monoisotopic (exact) mass is 294 g/mol. The molecular formula is C7H4Br2O3. The average molecular weight is 296 g/mol. The molecule has 0 fully saturated rings. The summed E-state index contributed by atoms with van der Waals surface area (Å²) in [7, 11) is 0. The van der Waals surface area contributed by atoms with E-state index in [4.69, 9.17) is 10.2 Å². The number of aromatic hydroxyl groups is 1. The highest BCUT2D eigenvalue weighted by Gasteiger charge is 2.11. The minimum atomic E-state index is -1.04. The van der Waals surface area contributed by atoms with Gasteiger partial charge in [-0.3, -0.25) is 0 Å². The predicted octanol–water partition coefficient (Wildman–Crippen LogP) is 2.62. The second-order valence-electron chi connectivity index (χ2n) is 2.09. The van der Waals surface area contributed by atoms with Gasteiger partial charge in [0.2, 0.25) is 0 Å². The summed E-state index contributed by atoms with van der Waals surface area (Å²) in [6.07, 6.45) is 0. The third-order valence-corrected chi connectivity index (χ3v) is 2.56. The van der Waals surface area contributed by atoms with E-state index in [1.165, 1.54) is 12.1 Å². The molecule has 0 spiro atoms. The molecule has 12 heavy (non-hydrogen) atoms. The van der Waals surface area contributed by atoms with Crippen molar-refractivity contribution in [3.8, 4) is 5.75 Å². The van der Waals surface area contributed by atoms with Crippen LogP contribution in [0.2, 0.25) is 0 Å². The maximum absolute atomic E-state index is 10.6. The Bertz CT molecular complexity index is 336. The van der Waals surface area contributed by atoms with Crippen LogP contribution in [-0.2, 0) is 0 Å². The average Bonchev–Trinajstić information content (AvgIpc) is 1.96. The van der Waals surface area contributed by atoms with Crippen LogP contribution in [0.15, 0.2) is 21.1 Å². The van der Waals surface area contributed by atoms with Crippen molar-refractivity contribution in [3.05, 3.63) is 26.6 Å². The molecule has 0 bridgehead atoms. The van der Waals surface area contributed by atoms with E-state index < -0.39 is 5.97 Å². The maximum atomic E-state index is 10.6. The summed E-state index contributed by atoms with van der Waals surface area (Å²) in [5.41, 5.74) is 0.111. The molecule has 64 valence electrons. The van der Waals surface area contributed by atoms with E-state index >= 15 is 0 Å². The summed E-state index contributed by atoms with van der Waals surface area (Å²) >= 11 is 6.03. The molecule has 5 heteroatoms. The second-order valence-corrected chi connectivity index (χ2v) is 3.80. The summed E-state index contributed by atoms with van der Waals surface area (Å²) in [5.74, 6) is -1.03. The Morgan fingerprint density at radius 2 is 1.83 bits per heavy atom. The Labute approximate surface area is 85.3 Å². The summed E-state index contributed by atoms with van der Waals surface area (Å²) in [4.78, 5) is 10.6. The number of carboxylic acids is 1. The van der Waals surface area contributed by atoms with Crippen molar-refractivity contribution in [1.29, 1.82) is 0 Å². The molecule has 0 saturated heterocycles. The fourth-order valence-corrected chi connectivity index (χ4v) is 1.54. The minimum absolute atomic E-state index is 0.00637. The number of phenols is 1. The number of phenolic OH excluding ortho intramolecular Hbond substituents is 1. The third kappa shape index (κ3) is 1.78. The molecule has 1 rings (SSSR count). The van der Waals surface area contributed by atoms with Gasteiger partial charge in [0.15, 0.2) is 0 Å². The van der Waals surface area contributed by atoms with Crippen LogP contribution >= 0.6 is 31.9 Å². The Balaban J connectivity index is 3.33. The highest BCUT2D eigenvalue weighted by molar-refractivity contribution is 9.11. The van der Waals surface area contributed by atoms with Crippen molar-refractivity contribution in [3.63, 3.8) is 0 Å². The summed E-state index contributed by atoms with van der Waals surface area (Å²) < 4.78 is 0.721. The van der Waals surface area contributed by atoms with Crippen molar-refractivity contribution >= 4 is 37.8 Å². The Morgan fingerprint density at radius 1 is 1.25 bits per heavy atom. The second kappa shape index (κ2) is 3.45. The van der Waals surface area contributed by atoms with Gasteiger partial charge in [0.1, 0.15) is 5.75 Å². The van der Waals surface area contributed by atoms with Gasteiger partial charge in [-0.25, -0.2) is 4.79 Å². The third-order valence-electron chi connectivity index (χ3n) is 1.27. The van der Waals surface area contributed by atoms with E-state index in [0.29, 0.717) is 8.95 Å². The standard InChI is InChI=1S/C7H4Br2O3/c8-4-2-6(10)5(9)1-3(4)7(11)12/h1-2,10H,(H,11,12). The maximum Gasteiger partial charge on any atom is 0.336 e. The van der Waals surface area contributed by atoms with Gasteiger partial charge in [-0.2, -0.15) is 0 Å². The molecule has 1 aromatic carbocycles. The number of carboxylic acid groups (broad SMARTS) is 1. The molecule has 0 unspecified atom stereocenters. The molecule has 0 heterocycles. The topological polar surface area (TPSA) is 57.5 Å². The highest BCUT2D eigenvalue weighted by atomic mass is 79.9. The first kappa shape index (κ1) is 9.54. The summed E-state index contributed by atoms with van der Waals surface area (Å²) in [6.45, 7) is 0. The van der Waals surface area contributed by atoms with Crippen LogP contribution < -0.4 is 0 Å². The smallest absolute Gasteiger partial charge is 0.336 e. The van der Waals surface area contributed by atoms with Crippen LogP contribution in [0.1, 0.15) is 10.4 Å². The van der Waals surface area contributed by atoms with E-state index in [1.807, 2.05) is 0 Å². The molecular weight excluding hydrogens is 292 g/mol. The minimum Gasteiger partial charge on any atom is -0.507 e. The van der Waals surface area contributed by atoms with Gasteiger partial charge in [0, 0.05) is 4.47 Å². The molecule has 0 amide bonds. The fourth-order valence-electron chi connectivity index (χ4n) is 0.700. The zero-order valence-corrected chi connectivity index (χ0v) is 8.89. The Hall–Kier alpha value is -0.550. The van der Waals surface area contributed by atoms with Crippen LogP contribution in [0.3, 0.4) is 0 Å². The molecule has 0 saturated carbocycles. The molecule has 0 radical (unpaired) electrons. The zero-order chi connectivity index (χ0) is 9.30. The first-order valence-corrected chi connectivity index (χ1v) is 4.52. The first-order valence-electron chi connectivity index (χ1n) is 2.93. The predicted molar refractivity (Wildman–Crippen MR) is 50.5 cm³/mol. The van der Waals surface area contributed by atoms with Crippen molar-refractivity contribution in [2.45, 2.75) is 0 Å². The van der Waals surface area contributed by atoms with E-state index in [0.717, 1.165) is 0 Å². The van der Waals surface area contributed by atoms with Gasteiger partial charge in [-0.05, 0) is 44.0 Å². The van der Waals surface area contributed by atoms with E-state index in [1.54, 1.807) is 0 Å².